The molecule has 1 fully saturated rings. The predicted molar refractivity (Wildman–Crippen MR) is 153 cm³/mol. The van der Waals surface area contributed by atoms with Crippen molar-refractivity contribution in [2.24, 2.45) is 5.92 Å². The zero-order chi connectivity index (χ0) is 27.1. The van der Waals surface area contributed by atoms with E-state index in [4.69, 9.17) is 4.98 Å². The minimum Gasteiger partial charge on any atom is -0.335 e. The SMILES string of the molecule is O=C(CC1CCCCC1)Nc1cncc(-c2ccc3[nH]nc(-c4nc5nccc(-c6ccc(F)s6)c5[nH]4)c3n2)c1. The number of halogens is 1. The standard InChI is InChI=1S/C29H25FN8OS/c30-23-9-8-22(40-23)19-10-11-32-28-25(19)35-29(36-28)27-26-21(37-38-27)7-6-20(34-26)17-13-18(15-31-14-17)33-24(39)12-16-4-2-1-3-5-16/h6-11,13-16H,1-5,12H2,(H,33,39)(H,37,38)(H,32,35,36). The first-order chi connectivity index (χ1) is 19.6. The van der Waals surface area contributed by atoms with Gasteiger partial charge < -0.3 is 10.3 Å². The van der Waals surface area contributed by atoms with Gasteiger partial charge in [0.25, 0.3) is 0 Å². The van der Waals surface area contributed by atoms with Crippen molar-refractivity contribution in [2.45, 2.75) is 38.5 Å². The Balaban J connectivity index is 1.19. The van der Waals surface area contributed by atoms with Crippen molar-refractivity contribution >= 4 is 45.1 Å². The highest BCUT2D eigenvalue weighted by Crippen LogP contribution is 2.34. The summed E-state index contributed by atoms with van der Waals surface area (Å²) in [6, 6.07) is 10.7. The Labute approximate surface area is 232 Å². The van der Waals surface area contributed by atoms with E-state index >= 15 is 0 Å². The molecule has 40 heavy (non-hydrogen) atoms. The lowest BCUT2D eigenvalue weighted by Crippen LogP contribution is -2.18. The molecule has 0 atom stereocenters. The molecule has 6 aromatic rings. The van der Waals surface area contributed by atoms with Crippen LogP contribution >= 0.6 is 11.3 Å². The van der Waals surface area contributed by atoms with Gasteiger partial charge >= 0.3 is 0 Å². The number of nitrogens with zero attached hydrogens (tertiary/aromatic N) is 5. The number of imidazole rings is 1. The van der Waals surface area contributed by atoms with Gasteiger partial charge in [-0.2, -0.15) is 9.49 Å². The normalized spacial score (nSPS) is 14.2. The average molecular weight is 553 g/mol. The second-order valence-electron chi connectivity index (χ2n) is 10.1. The van der Waals surface area contributed by atoms with E-state index in [2.05, 4.69) is 35.5 Å². The van der Waals surface area contributed by atoms with E-state index in [9.17, 15) is 9.18 Å². The largest absolute Gasteiger partial charge is 0.335 e. The molecule has 3 N–H and O–H groups in total. The topological polar surface area (TPSA) is 125 Å². The lowest BCUT2D eigenvalue weighted by atomic mass is 9.87. The highest BCUT2D eigenvalue weighted by molar-refractivity contribution is 7.14. The number of hydrogen-bond acceptors (Lipinski definition) is 7. The van der Waals surface area contributed by atoms with Crippen LogP contribution in [0, 0.1) is 11.0 Å². The number of fused-ring (bicyclic) bond motifs is 2. The van der Waals surface area contributed by atoms with E-state index in [0.29, 0.717) is 51.9 Å². The molecule has 7 rings (SSSR count). The predicted octanol–water partition coefficient (Wildman–Crippen LogP) is 6.73. The van der Waals surface area contributed by atoms with Crippen LogP contribution in [0.25, 0.3) is 55.4 Å². The molecule has 1 aliphatic rings. The summed E-state index contributed by atoms with van der Waals surface area (Å²) in [5, 5.41) is 10.3. The summed E-state index contributed by atoms with van der Waals surface area (Å²) >= 11 is 1.07. The number of rotatable bonds is 6. The Hall–Kier alpha value is -4.51. The molecule has 0 aliphatic heterocycles. The lowest BCUT2D eigenvalue weighted by Gasteiger charge is -2.20. The number of aromatic nitrogens is 7. The van der Waals surface area contributed by atoms with Crippen molar-refractivity contribution in [1.82, 2.24) is 35.1 Å². The summed E-state index contributed by atoms with van der Waals surface area (Å²) in [4.78, 5) is 35.0. The molecule has 11 heteroatoms. The van der Waals surface area contributed by atoms with Crippen molar-refractivity contribution in [3.05, 3.63) is 60.1 Å². The van der Waals surface area contributed by atoms with E-state index in [1.54, 1.807) is 24.7 Å². The van der Waals surface area contributed by atoms with Gasteiger partial charge in [0, 0.05) is 34.8 Å². The molecule has 6 aromatic heterocycles. The Morgan fingerprint density at radius 2 is 1.98 bits per heavy atom. The highest BCUT2D eigenvalue weighted by Gasteiger charge is 2.19. The van der Waals surface area contributed by atoms with Crippen molar-refractivity contribution in [3.63, 3.8) is 0 Å². The van der Waals surface area contributed by atoms with Crippen LogP contribution in [0.15, 0.2) is 55.0 Å². The molecular formula is C29H25FN8OS. The van der Waals surface area contributed by atoms with Crippen LogP contribution in [0.1, 0.15) is 38.5 Å². The first-order valence-electron chi connectivity index (χ1n) is 13.3. The molecule has 200 valence electrons. The zero-order valence-corrected chi connectivity index (χ0v) is 22.3. The number of H-pyrrole nitrogens is 2. The fourth-order valence-corrected chi connectivity index (χ4v) is 6.19. The number of nitrogens with one attached hydrogen (secondary N) is 3. The van der Waals surface area contributed by atoms with Gasteiger partial charge in [-0.3, -0.25) is 14.9 Å². The van der Waals surface area contributed by atoms with Crippen LogP contribution in [-0.4, -0.2) is 41.0 Å². The molecule has 1 aliphatic carbocycles. The van der Waals surface area contributed by atoms with Crippen molar-refractivity contribution in [2.75, 3.05) is 5.32 Å². The number of hydrogen-bond donors (Lipinski definition) is 3. The van der Waals surface area contributed by atoms with Gasteiger partial charge in [-0.15, -0.1) is 11.3 Å². The number of aromatic amines is 2. The highest BCUT2D eigenvalue weighted by atomic mass is 32.1. The number of amides is 1. The summed E-state index contributed by atoms with van der Waals surface area (Å²) < 4.78 is 13.7. The summed E-state index contributed by atoms with van der Waals surface area (Å²) in [5.74, 6) is 0.990. The fourth-order valence-electron chi connectivity index (χ4n) is 5.43. The second kappa shape index (κ2) is 10.2. The third-order valence-corrected chi connectivity index (χ3v) is 8.29. The number of thiophene rings is 1. The van der Waals surface area contributed by atoms with Crippen molar-refractivity contribution in [3.8, 4) is 33.2 Å². The number of carbonyl (C=O) groups excluding carboxylic acids is 1. The van der Waals surface area contributed by atoms with Gasteiger partial charge in [0.15, 0.2) is 22.3 Å². The van der Waals surface area contributed by atoms with Gasteiger partial charge in [0.1, 0.15) is 5.52 Å². The van der Waals surface area contributed by atoms with Crippen LogP contribution in [0.3, 0.4) is 0 Å². The van der Waals surface area contributed by atoms with Crippen molar-refractivity contribution < 1.29 is 9.18 Å². The average Bonchev–Trinajstić information content (AvgIpc) is 3.71. The second-order valence-corrected chi connectivity index (χ2v) is 11.2. The van der Waals surface area contributed by atoms with Gasteiger partial charge in [0.2, 0.25) is 5.91 Å². The number of anilines is 1. The maximum Gasteiger partial charge on any atom is 0.224 e. The van der Waals surface area contributed by atoms with E-state index in [0.717, 1.165) is 45.7 Å². The molecule has 6 heterocycles. The van der Waals surface area contributed by atoms with Crippen LogP contribution in [0.5, 0.6) is 0 Å². The van der Waals surface area contributed by atoms with E-state index in [1.807, 2.05) is 24.3 Å². The molecule has 0 saturated heterocycles. The molecule has 0 aromatic carbocycles. The van der Waals surface area contributed by atoms with Crippen LogP contribution in [-0.2, 0) is 4.79 Å². The summed E-state index contributed by atoms with van der Waals surface area (Å²) in [7, 11) is 0. The van der Waals surface area contributed by atoms with Crippen LogP contribution < -0.4 is 5.32 Å². The third-order valence-electron chi connectivity index (χ3n) is 7.38. The molecule has 0 spiro atoms. The minimum absolute atomic E-state index is 0.0227. The van der Waals surface area contributed by atoms with Gasteiger partial charge in [-0.05, 0) is 55.2 Å². The molecule has 9 nitrogen and oxygen atoms in total. The number of carbonyl (C=O) groups is 1. The van der Waals surface area contributed by atoms with E-state index < -0.39 is 0 Å². The van der Waals surface area contributed by atoms with Crippen LogP contribution in [0.4, 0.5) is 10.1 Å². The van der Waals surface area contributed by atoms with Crippen LogP contribution in [0.2, 0.25) is 0 Å². The first kappa shape index (κ1) is 24.5. The quantitative estimate of drug-likeness (QED) is 0.210. The first-order valence-corrected chi connectivity index (χ1v) is 14.1. The van der Waals surface area contributed by atoms with Crippen molar-refractivity contribution in [1.29, 1.82) is 0 Å². The molecule has 0 unspecified atom stereocenters. The Kier molecular flexibility index (Phi) is 6.27. The third kappa shape index (κ3) is 4.73. The molecule has 0 radical (unpaired) electrons. The Morgan fingerprint density at radius 1 is 1.07 bits per heavy atom. The maximum atomic E-state index is 13.7. The zero-order valence-electron chi connectivity index (χ0n) is 21.4. The fraction of sp³-hybridized carbons (Fsp3) is 0.241. The van der Waals surface area contributed by atoms with Gasteiger partial charge in [-0.25, -0.2) is 15.0 Å². The molecule has 1 saturated carbocycles. The smallest absolute Gasteiger partial charge is 0.224 e. The summed E-state index contributed by atoms with van der Waals surface area (Å²) in [6.45, 7) is 0. The lowest BCUT2D eigenvalue weighted by molar-refractivity contribution is -0.117. The monoisotopic (exact) mass is 552 g/mol. The molecular weight excluding hydrogens is 527 g/mol. The van der Waals surface area contributed by atoms with Gasteiger partial charge in [0.05, 0.1) is 28.6 Å². The number of pyridine rings is 3. The van der Waals surface area contributed by atoms with E-state index in [1.165, 1.54) is 25.3 Å². The Morgan fingerprint density at radius 3 is 2.83 bits per heavy atom. The molecule has 1 amide bonds. The Bertz CT molecular complexity index is 1850. The minimum atomic E-state index is -0.253. The van der Waals surface area contributed by atoms with Gasteiger partial charge in [-0.1, -0.05) is 19.3 Å². The maximum absolute atomic E-state index is 13.7. The summed E-state index contributed by atoms with van der Waals surface area (Å²) in [5.41, 5.74) is 6.07. The molecule has 0 bridgehead atoms. The van der Waals surface area contributed by atoms with E-state index in [-0.39, 0.29) is 11.0 Å². The summed E-state index contributed by atoms with van der Waals surface area (Å²) in [6.07, 6.45) is 11.5.